The summed E-state index contributed by atoms with van der Waals surface area (Å²) in [6, 6.07) is 4.63. The first-order valence-electron chi connectivity index (χ1n) is 8.66. The Kier molecular flexibility index (Phi) is 5.92. The van der Waals surface area contributed by atoms with Gasteiger partial charge in [0.2, 0.25) is 0 Å². The molecule has 0 fully saturated rings. The third kappa shape index (κ3) is 4.42. The second-order valence-electron chi connectivity index (χ2n) is 6.40. The van der Waals surface area contributed by atoms with E-state index >= 15 is 0 Å². The molecule has 0 amide bonds. The van der Waals surface area contributed by atoms with Crippen LogP contribution in [0.1, 0.15) is 16.7 Å². The number of pyridine rings is 1. The summed E-state index contributed by atoms with van der Waals surface area (Å²) in [7, 11) is 1.79. The summed E-state index contributed by atoms with van der Waals surface area (Å²) in [5.74, 6) is -0.152. The number of nitrogen functional groups attached to an aromatic ring is 1. The van der Waals surface area contributed by atoms with E-state index in [4.69, 9.17) is 11.1 Å². The highest BCUT2D eigenvalue weighted by Gasteiger charge is 2.33. The normalized spacial score (nSPS) is 12.6. The first kappa shape index (κ1) is 20.8. The topological polar surface area (TPSA) is 91.9 Å². The summed E-state index contributed by atoms with van der Waals surface area (Å²) < 4.78 is 40.5. The lowest BCUT2D eigenvalue weighted by Gasteiger charge is -2.17. The summed E-state index contributed by atoms with van der Waals surface area (Å²) in [6.45, 7) is 1.80. The molecule has 0 saturated heterocycles. The molecule has 0 saturated carbocycles. The number of thiophene rings is 1. The fourth-order valence-electron chi connectivity index (χ4n) is 3.12. The maximum atomic E-state index is 13.5. The van der Waals surface area contributed by atoms with Crippen LogP contribution in [0.25, 0.3) is 10.9 Å². The Hall–Kier alpha value is -2.88. The number of benzene rings is 1. The fourth-order valence-corrected chi connectivity index (χ4v) is 4.18. The Balaban J connectivity index is 1.94. The number of anilines is 1. The number of fused-ring (bicyclic) bond motifs is 1. The molecule has 2 heterocycles. The van der Waals surface area contributed by atoms with Crippen molar-refractivity contribution in [3.63, 3.8) is 0 Å². The van der Waals surface area contributed by atoms with Crippen molar-refractivity contribution in [3.05, 3.63) is 52.5 Å². The van der Waals surface area contributed by atoms with Gasteiger partial charge in [-0.25, -0.2) is 0 Å². The average Bonchev–Trinajstić information content (AvgIpc) is 3.09. The van der Waals surface area contributed by atoms with E-state index in [1.807, 2.05) is 0 Å². The average molecular weight is 417 g/mol. The van der Waals surface area contributed by atoms with Crippen molar-refractivity contribution in [3.8, 4) is 0 Å². The minimum atomic E-state index is -4.54. The number of aromatic nitrogens is 1. The van der Waals surface area contributed by atoms with Crippen LogP contribution in [0.4, 0.5) is 18.2 Å². The molecule has 3 rings (SSSR count). The molecule has 1 aromatic carbocycles. The molecule has 1 atom stereocenters. The number of nitrogens with one attached hydrogen (secondary N) is 2. The van der Waals surface area contributed by atoms with Crippen LogP contribution in [0.15, 0.2) is 35.8 Å². The molecule has 149 valence electrons. The van der Waals surface area contributed by atoms with E-state index in [0.717, 1.165) is 11.5 Å². The molecular weight excluding hydrogens is 400 g/mol. The summed E-state index contributed by atoms with van der Waals surface area (Å²) >= 11 is 1.28. The molecule has 0 aliphatic heterocycles. The Labute approximate surface area is 169 Å². The Morgan fingerprint density at radius 1 is 1.45 bits per heavy atom. The SMILES string of the molecule is C[B]c1csc(NC(C=O)Cc2cc(C(F)(F)F)c3cccnc3c2)c1C(=N)N. The van der Waals surface area contributed by atoms with Crippen LogP contribution in [0.2, 0.25) is 6.82 Å². The van der Waals surface area contributed by atoms with E-state index in [1.54, 1.807) is 25.5 Å². The van der Waals surface area contributed by atoms with Gasteiger partial charge in [0.05, 0.1) is 22.1 Å². The fraction of sp³-hybridized carbons (Fsp3) is 0.211. The molecule has 29 heavy (non-hydrogen) atoms. The van der Waals surface area contributed by atoms with E-state index in [0.29, 0.717) is 22.4 Å². The number of carbonyl (C=O) groups excluding carboxylic acids is 1. The van der Waals surface area contributed by atoms with Crippen LogP contribution in [-0.2, 0) is 17.4 Å². The number of aldehydes is 1. The van der Waals surface area contributed by atoms with Gasteiger partial charge in [0.15, 0.2) is 0 Å². The van der Waals surface area contributed by atoms with Crippen LogP contribution in [-0.4, -0.2) is 30.4 Å². The number of hydrogen-bond acceptors (Lipinski definition) is 5. The third-order valence-electron chi connectivity index (χ3n) is 4.42. The zero-order valence-electron chi connectivity index (χ0n) is 15.4. The van der Waals surface area contributed by atoms with Crippen molar-refractivity contribution < 1.29 is 18.0 Å². The molecular formula is C19H17BF3N4OS. The molecule has 3 aromatic rings. The third-order valence-corrected chi connectivity index (χ3v) is 5.35. The van der Waals surface area contributed by atoms with E-state index in [-0.39, 0.29) is 23.2 Å². The van der Waals surface area contributed by atoms with E-state index in [2.05, 4.69) is 10.3 Å². The van der Waals surface area contributed by atoms with Crippen LogP contribution >= 0.6 is 11.3 Å². The Morgan fingerprint density at radius 3 is 2.83 bits per heavy atom. The molecule has 0 aliphatic rings. The van der Waals surface area contributed by atoms with Gasteiger partial charge in [0, 0.05) is 17.1 Å². The van der Waals surface area contributed by atoms with Crippen LogP contribution in [0.5, 0.6) is 0 Å². The molecule has 1 unspecified atom stereocenters. The van der Waals surface area contributed by atoms with Gasteiger partial charge in [-0.3, -0.25) is 10.4 Å². The lowest BCUT2D eigenvalue weighted by atomic mass is 9.72. The van der Waals surface area contributed by atoms with Gasteiger partial charge in [0.1, 0.15) is 19.4 Å². The Morgan fingerprint density at radius 2 is 2.21 bits per heavy atom. The number of amidine groups is 1. The van der Waals surface area contributed by atoms with E-state index < -0.39 is 17.8 Å². The van der Waals surface area contributed by atoms with Gasteiger partial charge in [-0.15, -0.1) is 11.3 Å². The maximum absolute atomic E-state index is 13.5. The highest BCUT2D eigenvalue weighted by Crippen LogP contribution is 2.35. The number of alkyl halides is 3. The van der Waals surface area contributed by atoms with Crippen molar-refractivity contribution in [1.82, 2.24) is 4.98 Å². The largest absolute Gasteiger partial charge is 0.417 e. The number of carbonyl (C=O) groups is 1. The molecule has 2 aromatic heterocycles. The van der Waals surface area contributed by atoms with Crippen molar-refractivity contribution in [2.75, 3.05) is 5.32 Å². The van der Waals surface area contributed by atoms with Gasteiger partial charge in [-0.05, 0) is 35.6 Å². The molecule has 1 radical (unpaired) electrons. The maximum Gasteiger partial charge on any atom is 0.417 e. The highest BCUT2D eigenvalue weighted by molar-refractivity contribution is 7.15. The second-order valence-corrected chi connectivity index (χ2v) is 7.28. The molecule has 0 aliphatic carbocycles. The number of halogens is 3. The number of nitrogens with two attached hydrogens (primary N) is 1. The van der Waals surface area contributed by atoms with Crippen molar-refractivity contribution in [2.45, 2.75) is 25.5 Å². The van der Waals surface area contributed by atoms with Gasteiger partial charge >= 0.3 is 6.18 Å². The van der Waals surface area contributed by atoms with Crippen molar-refractivity contribution in [1.29, 1.82) is 5.41 Å². The number of hydrogen-bond donors (Lipinski definition) is 3. The van der Waals surface area contributed by atoms with Gasteiger partial charge in [-0.2, -0.15) is 13.2 Å². The summed E-state index contributed by atoms with van der Waals surface area (Å²) in [4.78, 5) is 15.7. The van der Waals surface area contributed by atoms with Gasteiger partial charge in [-0.1, -0.05) is 18.4 Å². The zero-order chi connectivity index (χ0) is 21.2. The first-order chi connectivity index (χ1) is 13.7. The predicted octanol–water partition coefficient (Wildman–Crippen LogP) is 3.20. The predicted molar refractivity (Wildman–Crippen MR) is 111 cm³/mol. The van der Waals surface area contributed by atoms with Crippen LogP contribution in [0.3, 0.4) is 0 Å². The van der Waals surface area contributed by atoms with E-state index in [1.165, 1.54) is 29.7 Å². The number of rotatable bonds is 7. The smallest absolute Gasteiger partial charge is 0.384 e. The summed E-state index contributed by atoms with van der Waals surface area (Å²) in [5, 5.41) is 13.1. The Bertz CT molecular complexity index is 1070. The lowest BCUT2D eigenvalue weighted by Crippen LogP contribution is -2.28. The van der Waals surface area contributed by atoms with Gasteiger partial charge in [0.25, 0.3) is 0 Å². The van der Waals surface area contributed by atoms with Crippen molar-refractivity contribution >= 4 is 52.1 Å². The highest BCUT2D eigenvalue weighted by atomic mass is 32.1. The first-order valence-corrected chi connectivity index (χ1v) is 9.54. The molecule has 4 N–H and O–H groups in total. The molecule has 10 heteroatoms. The standard InChI is InChI=1S/C19H17BF3N4OS/c1-20-14-9-29-18(16(14)17(24)25)27-11(8-28)5-10-6-13(19(21,22)23)12-3-2-4-26-15(12)7-10/h2-4,6-9,11,27H,5H2,1H3,(H3,24,25). The lowest BCUT2D eigenvalue weighted by molar-refractivity contribution is -0.136. The monoisotopic (exact) mass is 417 g/mol. The minimum Gasteiger partial charge on any atom is -0.384 e. The van der Waals surface area contributed by atoms with E-state index in [9.17, 15) is 18.0 Å². The van der Waals surface area contributed by atoms with Crippen LogP contribution in [0, 0.1) is 5.41 Å². The number of nitrogens with zero attached hydrogens (tertiary/aromatic N) is 1. The molecule has 0 spiro atoms. The zero-order valence-corrected chi connectivity index (χ0v) is 16.2. The van der Waals surface area contributed by atoms with Gasteiger partial charge < -0.3 is 15.8 Å². The molecule has 0 bridgehead atoms. The van der Waals surface area contributed by atoms with Crippen LogP contribution < -0.4 is 16.5 Å². The second kappa shape index (κ2) is 8.24. The minimum absolute atomic E-state index is 0.0135. The molecule has 5 nitrogen and oxygen atoms in total. The summed E-state index contributed by atoms with van der Waals surface area (Å²) in [6.07, 6.45) is -2.45. The van der Waals surface area contributed by atoms with Crippen molar-refractivity contribution in [2.24, 2.45) is 5.73 Å². The summed E-state index contributed by atoms with van der Waals surface area (Å²) in [5.41, 5.74) is 6.63. The quantitative estimate of drug-likeness (QED) is 0.238.